The van der Waals surface area contributed by atoms with Gasteiger partial charge in [0.05, 0.1) is 0 Å². The van der Waals surface area contributed by atoms with Crippen molar-refractivity contribution in [2.45, 2.75) is 33.9 Å². The maximum Gasteiger partial charge on any atom is 0.270 e. The Bertz CT molecular complexity index is 540. The van der Waals surface area contributed by atoms with Gasteiger partial charge in [-0.3, -0.25) is 9.59 Å². The number of amides is 2. The Hall–Kier alpha value is 0.420. The molecule has 0 spiro atoms. The van der Waals surface area contributed by atoms with Crippen molar-refractivity contribution in [3.63, 3.8) is 0 Å². The van der Waals surface area contributed by atoms with E-state index in [0.717, 1.165) is 0 Å². The smallest absolute Gasteiger partial charge is 0.270 e. The Kier molecular flexibility index (Phi) is 7.46. The summed E-state index contributed by atoms with van der Waals surface area (Å²) in [4.78, 5) is 27.8. The van der Waals surface area contributed by atoms with Crippen LogP contribution in [0.3, 0.4) is 0 Å². The number of carbonyl (C=O) groups excluding carboxylic acids is 2. The number of rotatable bonds is 3. The van der Waals surface area contributed by atoms with Gasteiger partial charge in [-0.05, 0) is 12.5 Å². The van der Waals surface area contributed by atoms with Gasteiger partial charge >= 0.3 is 0 Å². The first-order valence-electron chi connectivity index (χ1n) is 7.07. The molecule has 138 valence electrons. The van der Waals surface area contributed by atoms with Gasteiger partial charge in [-0.25, -0.2) is 0 Å². The summed E-state index contributed by atoms with van der Waals surface area (Å²) < 4.78 is -3.11. The van der Waals surface area contributed by atoms with Gasteiger partial charge in [-0.1, -0.05) is 83.5 Å². The number of nitrogens with zero attached hydrogens (tertiary/aromatic N) is 2. The summed E-state index contributed by atoms with van der Waals surface area (Å²) in [5.74, 6) is -1.65. The van der Waals surface area contributed by atoms with Gasteiger partial charge < -0.3 is 9.80 Å². The first-order chi connectivity index (χ1) is 10.7. The van der Waals surface area contributed by atoms with Crippen LogP contribution in [0.2, 0.25) is 0 Å². The van der Waals surface area contributed by atoms with Crippen molar-refractivity contribution in [3.05, 3.63) is 11.8 Å². The Morgan fingerprint density at radius 3 is 1.96 bits per heavy atom. The molecule has 2 amide bonds. The summed E-state index contributed by atoms with van der Waals surface area (Å²) in [6.45, 7) is 3.34. The molecule has 0 aliphatic carbocycles. The summed E-state index contributed by atoms with van der Waals surface area (Å²) in [5, 5.41) is 0. The Balaban J connectivity index is 3.09. The third kappa shape index (κ3) is 5.21. The molecule has 0 unspecified atom stereocenters. The van der Waals surface area contributed by atoms with Crippen LogP contribution < -0.4 is 0 Å². The quantitative estimate of drug-likeness (QED) is 0.459. The van der Waals surface area contributed by atoms with E-state index in [4.69, 9.17) is 69.6 Å². The largest absolute Gasteiger partial charge is 0.328 e. The lowest BCUT2D eigenvalue weighted by Crippen LogP contribution is -2.56. The number of allylic oxidation sites excluding steroid dienone is 1. The molecule has 1 rings (SSSR count). The van der Waals surface area contributed by atoms with Crippen molar-refractivity contribution < 1.29 is 9.59 Å². The molecule has 0 saturated carbocycles. The van der Waals surface area contributed by atoms with Crippen molar-refractivity contribution >= 4 is 81.4 Å². The van der Waals surface area contributed by atoms with Gasteiger partial charge in [0.15, 0.2) is 7.59 Å². The van der Waals surface area contributed by atoms with Crippen LogP contribution in [0.25, 0.3) is 0 Å². The third-order valence-corrected chi connectivity index (χ3v) is 6.19. The van der Waals surface area contributed by atoms with E-state index in [2.05, 4.69) is 0 Å². The highest BCUT2D eigenvalue weighted by molar-refractivity contribution is 6.68. The molecule has 1 aliphatic rings. The van der Waals surface area contributed by atoms with Crippen LogP contribution in [-0.4, -0.2) is 49.3 Å². The van der Waals surface area contributed by atoms with Crippen molar-refractivity contribution in [1.82, 2.24) is 9.80 Å². The zero-order valence-electron chi connectivity index (χ0n) is 13.5. The SMILES string of the molecule is C[C@@H](/C=C1/C(=O)N(C)[C@@H](C[C@H](C)C(Cl)(Cl)Cl)C(=O)N1C)C(Cl)(Cl)Cl. The molecular weight excluding hydrogens is 441 g/mol. The predicted octanol–water partition coefficient (Wildman–Crippen LogP) is 4.57. The molecule has 0 aromatic carbocycles. The van der Waals surface area contributed by atoms with Crippen molar-refractivity contribution in [2.24, 2.45) is 11.8 Å². The molecule has 10 heteroatoms. The van der Waals surface area contributed by atoms with E-state index >= 15 is 0 Å². The number of likely N-dealkylation sites (N-methyl/N-ethyl adjacent to an activating group) is 2. The number of hydrogen-bond acceptors (Lipinski definition) is 2. The number of piperazine rings is 1. The lowest BCUT2D eigenvalue weighted by Gasteiger charge is -2.40. The standard InChI is InChI=1S/C14H18Cl6N2O2/c1-7(13(15,16)17)5-9-11(23)22(4)10(12(24)21(9)3)6-8(2)14(18,19)20/h5,7-8,10H,6H2,1-4H3/b9-5-/t7-,8-,10-/m0/s1. The van der Waals surface area contributed by atoms with E-state index in [0.29, 0.717) is 0 Å². The molecule has 4 nitrogen and oxygen atoms in total. The Morgan fingerprint density at radius 2 is 1.54 bits per heavy atom. The topological polar surface area (TPSA) is 40.6 Å². The van der Waals surface area contributed by atoms with Crippen molar-refractivity contribution in [2.75, 3.05) is 14.1 Å². The van der Waals surface area contributed by atoms with Crippen LogP contribution in [0.4, 0.5) is 0 Å². The number of halogens is 6. The zero-order valence-corrected chi connectivity index (χ0v) is 18.0. The van der Waals surface area contributed by atoms with E-state index in [-0.39, 0.29) is 23.9 Å². The van der Waals surface area contributed by atoms with Gasteiger partial charge in [0.1, 0.15) is 11.7 Å². The van der Waals surface area contributed by atoms with Crippen LogP contribution in [0.1, 0.15) is 20.3 Å². The number of carbonyl (C=O) groups is 2. The van der Waals surface area contributed by atoms with E-state index in [9.17, 15) is 9.59 Å². The maximum atomic E-state index is 12.6. The second kappa shape index (κ2) is 7.98. The van der Waals surface area contributed by atoms with Crippen LogP contribution in [0.5, 0.6) is 0 Å². The Morgan fingerprint density at radius 1 is 1.04 bits per heavy atom. The van der Waals surface area contributed by atoms with Gasteiger partial charge in [0.2, 0.25) is 5.91 Å². The van der Waals surface area contributed by atoms with Gasteiger partial charge in [-0.15, -0.1) is 0 Å². The molecular formula is C14H18Cl6N2O2. The first-order valence-corrected chi connectivity index (χ1v) is 9.34. The van der Waals surface area contributed by atoms with Crippen molar-refractivity contribution in [3.8, 4) is 0 Å². The van der Waals surface area contributed by atoms with Crippen LogP contribution in [-0.2, 0) is 9.59 Å². The van der Waals surface area contributed by atoms with Crippen molar-refractivity contribution in [1.29, 1.82) is 0 Å². The molecule has 0 radical (unpaired) electrons. The second-order valence-electron chi connectivity index (χ2n) is 5.89. The average Bonchev–Trinajstić information content (AvgIpc) is 2.43. The minimum absolute atomic E-state index is 0.152. The fourth-order valence-corrected chi connectivity index (χ4v) is 2.67. The zero-order chi connectivity index (χ0) is 19.0. The van der Waals surface area contributed by atoms with Crippen LogP contribution in [0, 0.1) is 11.8 Å². The lowest BCUT2D eigenvalue weighted by molar-refractivity contribution is -0.149. The monoisotopic (exact) mass is 456 g/mol. The average molecular weight is 459 g/mol. The van der Waals surface area contributed by atoms with Crippen LogP contribution in [0.15, 0.2) is 11.8 Å². The second-order valence-corrected chi connectivity index (χ2v) is 10.6. The predicted molar refractivity (Wildman–Crippen MR) is 101 cm³/mol. The van der Waals surface area contributed by atoms with E-state index in [1.807, 2.05) is 0 Å². The first kappa shape index (κ1) is 22.5. The van der Waals surface area contributed by atoms with Gasteiger partial charge in [0, 0.05) is 25.9 Å². The third-order valence-electron chi connectivity index (χ3n) is 4.04. The summed E-state index contributed by atoms with van der Waals surface area (Å²) in [6, 6.07) is -0.728. The lowest BCUT2D eigenvalue weighted by atomic mass is 9.97. The molecule has 0 N–H and O–H groups in total. The van der Waals surface area contributed by atoms with E-state index in [1.54, 1.807) is 13.8 Å². The molecule has 1 heterocycles. The number of hydrogen-bond donors (Lipinski definition) is 0. The molecule has 0 aromatic heterocycles. The highest BCUT2D eigenvalue weighted by atomic mass is 35.6. The fourth-order valence-electron chi connectivity index (χ4n) is 2.22. The Labute approximate surface area is 171 Å². The summed E-state index contributed by atoms with van der Waals surface area (Å²) in [5.41, 5.74) is 0.152. The highest BCUT2D eigenvalue weighted by Crippen LogP contribution is 2.39. The minimum atomic E-state index is -1.59. The van der Waals surface area contributed by atoms with Gasteiger partial charge in [0.25, 0.3) is 5.91 Å². The molecule has 1 aliphatic heterocycles. The summed E-state index contributed by atoms with van der Waals surface area (Å²) >= 11 is 35.1. The number of alkyl halides is 6. The van der Waals surface area contributed by atoms with E-state index in [1.165, 1.54) is 30.0 Å². The van der Waals surface area contributed by atoms with Crippen LogP contribution >= 0.6 is 69.6 Å². The molecule has 3 atom stereocenters. The summed E-state index contributed by atoms with van der Waals surface area (Å²) in [7, 11) is 3.02. The molecule has 1 saturated heterocycles. The molecule has 0 bridgehead atoms. The molecule has 1 fully saturated rings. The maximum absolute atomic E-state index is 12.6. The van der Waals surface area contributed by atoms with E-state index < -0.39 is 25.5 Å². The minimum Gasteiger partial charge on any atom is -0.328 e. The summed E-state index contributed by atoms with van der Waals surface area (Å²) in [6.07, 6.45) is 1.69. The molecule has 24 heavy (non-hydrogen) atoms. The normalized spacial score (nSPS) is 24.6. The van der Waals surface area contributed by atoms with Gasteiger partial charge in [-0.2, -0.15) is 0 Å². The molecule has 0 aromatic rings. The highest BCUT2D eigenvalue weighted by Gasteiger charge is 2.43. The fraction of sp³-hybridized carbons (Fsp3) is 0.714.